The monoisotopic (exact) mass is 416 g/mol. The second-order valence-electron chi connectivity index (χ2n) is 9.01. The number of amides is 2. The van der Waals surface area contributed by atoms with Gasteiger partial charge in [-0.2, -0.15) is 0 Å². The highest BCUT2D eigenvalue weighted by Gasteiger charge is 2.31. The van der Waals surface area contributed by atoms with Crippen LogP contribution in [0.4, 0.5) is 0 Å². The van der Waals surface area contributed by atoms with Crippen LogP contribution in [-0.4, -0.2) is 78.6 Å². The number of aromatic amines is 1. The van der Waals surface area contributed by atoms with Crippen molar-refractivity contribution in [3.05, 3.63) is 33.7 Å². The molecule has 0 radical (unpaired) electrons. The first kappa shape index (κ1) is 21.1. The molecule has 1 aliphatic carbocycles. The number of carbonyl (C=O) groups is 2. The number of hydrogen-bond acceptors (Lipinski definition) is 5. The van der Waals surface area contributed by atoms with Gasteiger partial charge in [0.15, 0.2) is 0 Å². The molecule has 3 fully saturated rings. The van der Waals surface area contributed by atoms with Crippen molar-refractivity contribution in [2.45, 2.75) is 38.7 Å². The predicted molar refractivity (Wildman–Crippen MR) is 112 cm³/mol. The van der Waals surface area contributed by atoms with Crippen LogP contribution in [-0.2, 0) is 9.53 Å². The maximum atomic E-state index is 12.3. The van der Waals surface area contributed by atoms with Gasteiger partial charge in [0.05, 0.1) is 6.10 Å². The second kappa shape index (κ2) is 9.31. The average Bonchev–Trinajstić information content (AvgIpc) is 3.54. The zero-order valence-electron chi connectivity index (χ0n) is 17.7. The molecule has 3 heterocycles. The van der Waals surface area contributed by atoms with E-state index in [1.807, 2.05) is 4.90 Å². The number of nitrogens with zero attached hydrogens (tertiary/aromatic N) is 2. The number of H-pyrrole nitrogens is 1. The number of morpholine rings is 1. The van der Waals surface area contributed by atoms with E-state index in [1.165, 1.54) is 25.5 Å². The summed E-state index contributed by atoms with van der Waals surface area (Å²) in [6, 6.07) is 3.22. The number of piperidine rings is 1. The molecule has 1 atom stereocenters. The van der Waals surface area contributed by atoms with Crippen LogP contribution >= 0.6 is 0 Å². The van der Waals surface area contributed by atoms with E-state index in [1.54, 1.807) is 13.0 Å². The standard InChI is InChI=1S/C22H32N4O4/c1-15-2-5-19(22(29)24-15)21(28)23-10-18-13-26(20(27)14-30-18)12-17-6-8-25(9-7-17)11-16-3-4-16/h2,5,16-18H,3-4,6-14H2,1H3,(H,23,28)(H,24,29)/t18-/m0/s1. The Morgan fingerprint density at radius 2 is 1.87 bits per heavy atom. The quantitative estimate of drug-likeness (QED) is 0.685. The number of rotatable bonds is 7. The lowest BCUT2D eigenvalue weighted by molar-refractivity contribution is -0.149. The maximum Gasteiger partial charge on any atom is 0.260 e. The summed E-state index contributed by atoms with van der Waals surface area (Å²) in [6.07, 6.45) is 4.78. The Morgan fingerprint density at radius 1 is 1.13 bits per heavy atom. The van der Waals surface area contributed by atoms with E-state index >= 15 is 0 Å². The highest BCUT2D eigenvalue weighted by Crippen LogP contribution is 2.31. The molecule has 0 unspecified atom stereocenters. The third kappa shape index (κ3) is 5.49. The maximum absolute atomic E-state index is 12.3. The molecule has 2 aliphatic heterocycles. The molecule has 2 N–H and O–H groups in total. The van der Waals surface area contributed by atoms with Crippen LogP contribution in [0.5, 0.6) is 0 Å². The molecule has 1 saturated carbocycles. The highest BCUT2D eigenvalue weighted by atomic mass is 16.5. The van der Waals surface area contributed by atoms with Gasteiger partial charge < -0.3 is 24.8 Å². The normalized spacial score (nSPS) is 23.6. The molecule has 4 rings (SSSR count). The van der Waals surface area contributed by atoms with Gasteiger partial charge in [0.25, 0.3) is 11.5 Å². The summed E-state index contributed by atoms with van der Waals surface area (Å²) in [5.74, 6) is 1.05. The van der Waals surface area contributed by atoms with Crippen LogP contribution in [0.1, 0.15) is 41.7 Å². The second-order valence-corrected chi connectivity index (χ2v) is 9.01. The van der Waals surface area contributed by atoms with E-state index in [-0.39, 0.29) is 30.7 Å². The van der Waals surface area contributed by atoms with E-state index in [4.69, 9.17) is 4.74 Å². The summed E-state index contributed by atoms with van der Waals surface area (Å²) in [5, 5.41) is 2.77. The summed E-state index contributed by atoms with van der Waals surface area (Å²) < 4.78 is 5.61. The summed E-state index contributed by atoms with van der Waals surface area (Å²) in [5.41, 5.74) is 0.392. The van der Waals surface area contributed by atoms with Gasteiger partial charge in [0.1, 0.15) is 12.2 Å². The third-order valence-corrected chi connectivity index (χ3v) is 6.41. The van der Waals surface area contributed by atoms with Crippen molar-refractivity contribution < 1.29 is 14.3 Å². The van der Waals surface area contributed by atoms with Gasteiger partial charge in [-0.15, -0.1) is 0 Å². The molecule has 2 saturated heterocycles. The fourth-order valence-corrected chi connectivity index (χ4v) is 4.36. The van der Waals surface area contributed by atoms with Crippen LogP contribution in [0.15, 0.2) is 16.9 Å². The van der Waals surface area contributed by atoms with Gasteiger partial charge in [-0.3, -0.25) is 14.4 Å². The zero-order chi connectivity index (χ0) is 21.1. The Bertz CT molecular complexity index is 827. The van der Waals surface area contributed by atoms with Gasteiger partial charge in [0, 0.05) is 31.9 Å². The lowest BCUT2D eigenvalue weighted by Gasteiger charge is -2.38. The third-order valence-electron chi connectivity index (χ3n) is 6.41. The van der Waals surface area contributed by atoms with Crippen molar-refractivity contribution in [3.8, 4) is 0 Å². The number of hydrogen-bond donors (Lipinski definition) is 2. The molecule has 164 valence electrons. The minimum absolute atomic E-state index is 0.0213. The highest BCUT2D eigenvalue weighted by molar-refractivity contribution is 5.93. The molecule has 0 bridgehead atoms. The van der Waals surface area contributed by atoms with Crippen molar-refractivity contribution in [2.24, 2.45) is 11.8 Å². The average molecular weight is 417 g/mol. The number of carbonyl (C=O) groups excluding carboxylic acids is 2. The number of nitrogens with one attached hydrogen (secondary N) is 2. The SMILES string of the molecule is Cc1ccc(C(=O)NC[C@H]2CN(CC3CCN(CC4CC4)CC3)C(=O)CO2)c(=O)[nH]1. The van der Waals surface area contributed by atoms with Crippen LogP contribution < -0.4 is 10.9 Å². The molecular formula is C22H32N4O4. The van der Waals surface area contributed by atoms with E-state index < -0.39 is 11.5 Å². The van der Waals surface area contributed by atoms with Crippen molar-refractivity contribution in [1.29, 1.82) is 0 Å². The Kier molecular flexibility index (Phi) is 6.53. The van der Waals surface area contributed by atoms with Crippen LogP contribution in [0.2, 0.25) is 0 Å². The Labute approximate surface area is 177 Å². The molecule has 30 heavy (non-hydrogen) atoms. The minimum Gasteiger partial charge on any atom is -0.365 e. The van der Waals surface area contributed by atoms with Crippen LogP contribution in [0, 0.1) is 18.8 Å². The Balaban J connectivity index is 1.23. The molecule has 1 aromatic heterocycles. The molecule has 0 spiro atoms. The molecule has 0 aromatic carbocycles. The molecule has 8 heteroatoms. The number of likely N-dealkylation sites (tertiary alicyclic amines) is 1. The number of pyridine rings is 1. The van der Waals surface area contributed by atoms with Crippen molar-refractivity contribution >= 4 is 11.8 Å². The minimum atomic E-state index is -0.425. The number of ether oxygens (including phenoxy) is 1. The van der Waals surface area contributed by atoms with E-state index in [9.17, 15) is 14.4 Å². The van der Waals surface area contributed by atoms with Crippen molar-refractivity contribution in [1.82, 2.24) is 20.1 Å². The fraction of sp³-hybridized carbons (Fsp3) is 0.682. The first-order valence-corrected chi connectivity index (χ1v) is 11.1. The molecular weight excluding hydrogens is 384 g/mol. The number of aromatic nitrogens is 1. The van der Waals surface area contributed by atoms with Gasteiger partial charge >= 0.3 is 0 Å². The van der Waals surface area contributed by atoms with Crippen LogP contribution in [0.25, 0.3) is 0 Å². The molecule has 3 aliphatic rings. The topological polar surface area (TPSA) is 94.7 Å². The Morgan fingerprint density at radius 3 is 2.57 bits per heavy atom. The van der Waals surface area contributed by atoms with E-state index in [0.717, 1.165) is 38.4 Å². The summed E-state index contributed by atoms with van der Waals surface area (Å²) in [4.78, 5) is 43.7. The van der Waals surface area contributed by atoms with Crippen LogP contribution in [0.3, 0.4) is 0 Å². The van der Waals surface area contributed by atoms with Crippen molar-refractivity contribution in [2.75, 3.05) is 45.9 Å². The lowest BCUT2D eigenvalue weighted by atomic mass is 9.95. The zero-order valence-corrected chi connectivity index (χ0v) is 17.7. The van der Waals surface area contributed by atoms with Gasteiger partial charge in [-0.25, -0.2) is 0 Å². The van der Waals surface area contributed by atoms with E-state index in [0.29, 0.717) is 18.2 Å². The summed E-state index contributed by atoms with van der Waals surface area (Å²) in [7, 11) is 0. The lowest BCUT2D eigenvalue weighted by Crippen LogP contribution is -2.52. The van der Waals surface area contributed by atoms with E-state index in [2.05, 4.69) is 15.2 Å². The summed E-state index contributed by atoms with van der Waals surface area (Å²) in [6.45, 7) is 6.83. The number of aryl methyl sites for hydroxylation is 1. The molecule has 2 amide bonds. The fourth-order valence-electron chi connectivity index (χ4n) is 4.36. The van der Waals surface area contributed by atoms with Gasteiger partial charge in [0.2, 0.25) is 5.91 Å². The first-order chi connectivity index (χ1) is 14.5. The molecule has 1 aromatic rings. The predicted octanol–water partition coefficient (Wildman–Crippen LogP) is 0.763. The Hall–Kier alpha value is -2.19. The molecule has 8 nitrogen and oxygen atoms in total. The van der Waals surface area contributed by atoms with Gasteiger partial charge in [-0.1, -0.05) is 0 Å². The van der Waals surface area contributed by atoms with Crippen molar-refractivity contribution in [3.63, 3.8) is 0 Å². The largest absolute Gasteiger partial charge is 0.365 e. The van der Waals surface area contributed by atoms with Gasteiger partial charge in [-0.05, 0) is 69.7 Å². The summed E-state index contributed by atoms with van der Waals surface area (Å²) >= 11 is 0. The smallest absolute Gasteiger partial charge is 0.260 e. The first-order valence-electron chi connectivity index (χ1n) is 11.1.